The molecule has 1 saturated heterocycles. The summed E-state index contributed by atoms with van der Waals surface area (Å²) in [5.74, 6) is 0.627. The Bertz CT molecular complexity index is 663. The molecule has 0 aliphatic carbocycles. The molecule has 0 radical (unpaired) electrons. The molecule has 7 nitrogen and oxygen atoms in total. The zero-order valence-corrected chi connectivity index (χ0v) is 13.6. The number of hydrogen-bond acceptors (Lipinski definition) is 4. The van der Waals surface area contributed by atoms with Crippen molar-refractivity contribution in [2.24, 2.45) is 5.92 Å². The van der Waals surface area contributed by atoms with E-state index in [4.69, 9.17) is 4.74 Å². The van der Waals surface area contributed by atoms with E-state index in [0.29, 0.717) is 13.2 Å². The first-order valence-electron chi connectivity index (χ1n) is 8.10. The molecule has 2 aromatic heterocycles. The Labute approximate surface area is 135 Å². The first-order valence-corrected chi connectivity index (χ1v) is 8.10. The van der Waals surface area contributed by atoms with Gasteiger partial charge in [0.1, 0.15) is 11.9 Å². The first-order chi connectivity index (χ1) is 11.2. The molecule has 7 heteroatoms. The Morgan fingerprint density at radius 2 is 2.39 bits per heavy atom. The predicted molar refractivity (Wildman–Crippen MR) is 84.5 cm³/mol. The summed E-state index contributed by atoms with van der Waals surface area (Å²) in [5, 5.41) is 2.99. The summed E-state index contributed by atoms with van der Waals surface area (Å²) < 4.78 is 7.93. The number of hydrogen-bond donors (Lipinski definition) is 2. The minimum Gasteiger partial charge on any atom is -0.369 e. The third kappa shape index (κ3) is 3.29. The van der Waals surface area contributed by atoms with Crippen LogP contribution in [0.4, 0.5) is 0 Å². The second-order valence-corrected chi connectivity index (χ2v) is 5.80. The minimum absolute atomic E-state index is 0.00255. The number of carbonyl (C=O) groups is 1. The molecule has 1 fully saturated rings. The highest BCUT2D eigenvalue weighted by molar-refractivity contribution is 5.79. The molecular weight excluding hydrogens is 294 g/mol. The van der Waals surface area contributed by atoms with E-state index < -0.39 is 0 Å². The molecule has 1 aliphatic rings. The van der Waals surface area contributed by atoms with Crippen molar-refractivity contribution in [2.45, 2.75) is 45.9 Å². The van der Waals surface area contributed by atoms with Crippen molar-refractivity contribution in [3.05, 3.63) is 35.9 Å². The standard InChI is InChI=1S/C16H23N5O2/c1-3-21-7-6-17-15(21)14-12(5-4-8-23-14)16(22)18-9-13-11(2)19-10-20-13/h6-7,10,12,14H,3-5,8-9H2,1-2H3,(H,18,22)(H,19,20)/t12-,14-/m1/s1. The van der Waals surface area contributed by atoms with E-state index in [1.807, 2.05) is 17.7 Å². The Balaban J connectivity index is 1.70. The van der Waals surface area contributed by atoms with Crippen molar-refractivity contribution < 1.29 is 9.53 Å². The quantitative estimate of drug-likeness (QED) is 0.879. The van der Waals surface area contributed by atoms with E-state index in [9.17, 15) is 4.79 Å². The Kier molecular flexibility index (Phi) is 4.76. The van der Waals surface area contributed by atoms with Gasteiger partial charge >= 0.3 is 0 Å². The molecule has 2 N–H and O–H groups in total. The molecule has 2 aromatic rings. The van der Waals surface area contributed by atoms with Crippen LogP contribution < -0.4 is 5.32 Å². The van der Waals surface area contributed by atoms with Gasteiger partial charge in [0.15, 0.2) is 0 Å². The molecule has 1 aliphatic heterocycles. The van der Waals surface area contributed by atoms with Crippen LogP contribution in [0.1, 0.15) is 43.1 Å². The summed E-state index contributed by atoms with van der Waals surface area (Å²) in [5.41, 5.74) is 1.84. The smallest absolute Gasteiger partial charge is 0.226 e. The van der Waals surface area contributed by atoms with Gasteiger partial charge in [-0.15, -0.1) is 0 Å². The largest absolute Gasteiger partial charge is 0.369 e. The summed E-state index contributed by atoms with van der Waals surface area (Å²) in [6.45, 7) is 5.92. The van der Waals surface area contributed by atoms with Crippen LogP contribution in [0, 0.1) is 12.8 Å². The Morgan fingerprint density at radius 3 is 3.13 bits per heavy atom. The van der Waals surface area contributed by atoms with E-state index >= 15 is 0 Å². The maximum absolute atomic E-state index is 12.6. The number of aromatic amines is 1. The zero-order chi connectivity index (χ0) is 16.2. The van der Waals surface area contributed by atoms with Crippen LogP contribution in [0.3, 0.4) is 0 Å². The molecule has 0 unspecified atom stereocenters. The van der Waals surface area contributed by atoms with Gasteiger partial charge in [-0.05, 0) is 26.7 Å². The molecule has 2 atom stereocenters. The van der Waals surface area contributed by atoms with Crippen LogP contribution in [0.15, 0.2) is 18.7 Å². The van der Waals surface area contributed by atoms with Crippen LogP contribution in [0.25, 0.3) is 0 Å². The molecule has 124 valence electrons. The number of aryl methyl sites for hydroxylation is 2. The number of nitrogens with zero attached hydrogens (tertiary/aromatic N) is 3. The van der Waals surface area contributed by atoms with Gasteiger partial charge in [0, 0.05) is 31.2 Å². The van der Waals surface area contributed by atoms with Crippen molar-refractivity contribution in [3.8, 4) is 0 Å². The molecule has 3 heterocycles. The SMILES string of the molecule is CCn1ccnc1[C@@H]1OCCC[C@H]1C(=O)NCc1nc[nH]c1C. The van der Waals surface area contributed by atoms with Gasteiger partial charge in [0.2, 0.25) is 5.91 Å². The lowest BCUT2D eigenvalue weighted by Gasteiger charge is -2.30. The monoisotopic (exact) mass is 317 g/mol. The molecule has 0 bridgehead atoms. The van der Waals surface area contributed by atoms with Gasteiger partial charge in [-0.1, -0.05) is 0 Å². The normalized spacial score (nSPS) is 21.3. The third-order valence-electron chi connectivity index (χ3n) is 4.37. The number of imidazole rings is 2. The summed E-state index contributed by atoms with van der Waals surface area (Å²) in [4.78, 5) is 24.3. The number of aromatic nitrogens is 4. The van der Waals surface area contributed by atoms with Crippen molar-refractivity contribution in [2.75, 3.05) is 6.61 Å². The van der Waals surface area contributed by atoms with Crippen LogP contribution in [-0.4, -0.2) is 32.0 Å². The van der Waals surface area contributed by atoms with E-state index in [0.717, 1.165) is 36.6 Å². The fraction of sp³-hybridized carbons (Fsp3) is 0.562. The van der Waals surface area contributed by atoms with Crippen LogP contribution in [0.2, 0.25) is 0 Å². The minimum atomic E-state index is -0.279. The molecule has 1 amide bonds. The molecule has 23 heavy (non-hydrogen) atoms. The van der Waals surface area contributed by atoms with Gasteiger partial charge in [0.25, 0.3) is 0 Å². The second kappa shape index (κ2) is 6.95. The lowest BCUT2D eigenvalue weighted by molar-refractivity contribution is -0.135. The van der Waals surface area contributed by atoms with Crippen molar-refractivity contribution in [3.63, 3.8) is 0 Å². The number of amides is 1. The van der Waals surface area contributed by atoms with Crippen LogP contribution in [0.5, 0.6) is 0 Å². The lowest BCUT2D eigenvalue weighted by Crippen LogP contribution is -2.38. The third-order valence-corrected chi connectivity index (χ3v) is 4.37. The Morgan fingerprint density at radius 1 is 1.52 bits per heavy atom. The summed E-state index contributed by atoms with van der Waals surface area (Å²) in [6, 6.07) is 0. The van der Waals surface area contributed by atoms with Gasteiger partial charge in [-0.25, -0.2) is 9.97 Å². The highest BCUT2D eigenvalue weighted by Gasteiger charge is 2.35. The van der Waals surface area contributed by atoms with Crippen molar-refractivity contribution >= 4 is 5.91 Å². The van der Waals surface area contributed by atoms with Crippen LogP contribution >= 0.6 is 0 Å². The van der Waals surface area contributed by atoms with Gasteiger partial charge < -0.3 is 19.6 Å². The number of carbonyl (C=O) groups excluding carboxylic acids is 1. The summed E-state index contributed by atoms with van der Waals surface area (Å²) in [7, 11) is 0. The van der Waals surface area contributed by atoms with E-state index in [2.05, 4.69) is 27.2 Å². The maximum Gasteiger partial charge on any atom is 0.226 e. The van der Waals surface area contributed by atoms with E-state index in [1.54, 1.807) is 12.5 Å². The molecule has 3 rings (SSSR count). The lowest BCUT2D eigenvalue weighted by atomic mass is 9.92. The van der Waals surface area contributed by atoms with E-state index in [-0.39, 0.29) is 17.9 Å². The highest BCUT2D eigenvalue weighted by atomic mass is 16.5. The van der Waals surface area contributed by atoms with Gasteiger partial charge in [-0.3, -0.25) is 4.79 Å². The second-order valence-electron chi connectivity index (χ2n) is 5.80. The average molecular weight is 317 g/mol. The highest BCUT2D eigenvalue weighted by Crippen LogP contribution is 2.33. The first kappa shape index (κ1) is 15.7. The number of ether oxygens (including phenoxy) is 1. The molecule has 0 spiro atoms. The van der Waals surface area contributed by atoms with Gasteiger partial charge in [-0.2, -0.15) is 0 Å². The number of H-pyrrole nitrogens is 1. The molecule has 0 saturated carbocycles. The fourth-order valence-corrected chi connectivity index (χ4v) is 3.02. The maximum atomic E-state index is 12.6. The summed E-state index contributed by atoms with van der Waals surface area (Å²) >= 11 is 0. The predicted octanol–water partition coefficient (Wildman–Crippen LogP) is 1.72. The number of nitrogens with one attached hydrogen (secondary N) is 2. The topological polar surface area (TPSA) is 84.8 Å². The zero-order valence-electron chi connectivity index (χ0n) is 13.6. The summed E-state index contributed by atoms with van der Waals surface area (Å²) in [6.07, 6.45) is 6.75. The Hall–Kier alpha value is -2.15. The van der Waals surface area contributed by atoms with Crippen molar-refractivity contribution in [1.82, 2.24) is 24.8 Å². The fourth-order valence-electron chi connectivity index (χ4n) is 3.02. The average Bonchev–Trinajstić information content (AvgIpc) is 3.21. The van der Waals surface area contributed by atoms with Crippen LogP contribution in [-0.2, 0) is 22.6 Å². The number of rotatable bonds is 5. The van der Waals surface area contributed by atoms with Gasteiger partial charge in [0.05, 0.1) is 24.5 Å². The van der Waals surface area contributed by atoms with Crippen molar-refractivity contribution in [1.29, 1.82) is 0 Å². The molecule has 0 aromatic carbocycles. The molecular formula is C16H23N5O2. The van der Waals surface area contributed by atoms with E-state index in [1.165, 1.54) is 0 Å².